The van der Waals surface area contributed by atoms with Crippen LogP contribution in [-0.4, -0.2) is 68.5 Å². The average Bonchev–Trinajstić information content (AvgIpc) is 3.09. The van der Waals surface area contributed by atoms with Crippen molar-refractivity contribution in [3.05, 3.63) is 48.6 Å². The summed E-state index contributed by atoms with van der Waals surface area (Å²) in [5.74, 6) is -0.214. The zero-order valence-corrected chi connectivity index (χ0v) is 35.1. The minimum absolute atomic E-state index is 0.00450. The van der Waals surface area contributed by atoms with Gasteiger partial charge in [0.1, 0.15) is 13.2 Å². The van der Waals surface area contributed by atoms with Crippen LogP contribution in [0.15, 0.2) is 48.6 Å². The van der Waals surface area contributed by atoms with Crippen LogP contribution in [0.1, 0.15) is 168 Å². The number of hydrogen-bond acceptors (Lipinski definition) is 6. The van der Waals surface area contributed by atoms with E-state index in [4.69, 9.17) is 9.05 Å². The molecule has 52 heavy (non-hydrogen) atoms. The molecule has 8 nitrogen and oxygen atoms in total. The maximum atomic E-state index is 12.6. The van der Waals surface area contributed by atoms with Crippen molar-refractivity contribution in [2.24, 2.45) is 0 Å². The molecule has 0 aromatic heterocycles. The molecule has 0 aromatic rings. The molecule has 3 atom stereocenters. The first-order chi connectivity index (χ1) is 25.0. The minimum atomic E-state index is -4.56. The second-order valence-corrected chi connectivity index (χ2v) is 16.8. The van der Waals surface area contributed by atoms with Crippen LogP contribution in [0.4, 0.5) is 0 Å². The van der Waals surface area contributed by atoms with Crippen molar-refractivity contribution in [1.29, 1.82) is 0 Å². The number of allylic oxidation sites excluding steroid dienone is 7. The molecule has 0 fully saturated rings. The predicted molar refractivity (Wildman–Crippen MR) is 219 cm³/mol. The number of aliphatic hydroxyl groups is 1. The minimum Gasteiger partial charge on any atom is -0.756 e. The molecule has 0 aliphatic rings. The van der Waals surface area contributed by atoms with E-state index >= 15 is 0 Å². The summed E-state index contributed by atoms with van der Waals surface area (Å²) in [6.45, 7) is 4.39. The van der Waals surface area contributed by atoms with Gasteiger partial charge in [-0.15, -0.1) is 0 Å². The van der Waals surface area contributed by atoms with Gasteiger partial charge < -0.3 is 28.8 Å². The third-order valence-corrected chi connectivity index (χ3v) is 9.98. The lowest BCUT2D eigenvalue weighted by atomic mass is 10.0. The van der Waals surface area contributed by atoms with E-state index in [1.807, 2.05) is 34.1 Å². The highest BCUT2D eigenvalue weighted by molar-refractivity contribution is 7.45. The van der Waals surface area contributed by atoms with Gasteiger partial charge in [0.05, 0.1) is 39.9 Å². The SMILES string of the molecule is CCC/C=C/C(O)C(COP(=O)([O-])OCC[N+](C)(C)C)NC(=O)CCCCCCCCCCCCCC/C=C\C/C=C\C/C=C\CCCCCCC. The number of nitrogens with zero attached hydrogens (tertiary/aromatic N) is 1. The van der Waals surface area contributed by atoms with E-state index in [9.17, 15) is 19.4 Å². The number of carbonyl (C=O) groups excluding carboxylic acids is 1. The molecule has 0 aliphatic carbocycles. The maximum Gasteiger partial charge on any atom is 0.268 e. The number of carbonyl (C=O) groups is 1. The summed E-state index contributed by atoms with van der Waals surface area (Å²) in [6.07, 6.45) is 44.0. The molecule has 0 aromatic carbocycles. The number of likely N-dealkylation sites (N-methyl/N-ethyl adjacent to an activating group) is 1. The fourth-order valence-electron chi connectivity index (χ4n) is 5.64. The molecular formula is C43H81N2O6P. The fraction of sp³-hybridized carbons (Fsp3) is 0.791. The van der Waals surface area contributed by atoms with E-state index in [-0.39, 0.29) is 19.1 Å². The summed E-state index contributed by atoms with van der Waals surface area (Å²) in [5, 5.41) is 13.4. The van der Waals surface area contributed by atoms with Gasteiger partial charge in [0.15, 0.2) is 0 Å². The molecule has 0 radical (unpaired) electrons. The molecular weight excluding hydrogens is 671 g/mol. The Bertz CT molecular complexity index is 991. The predicted octanol–water partition coefficient (Wildman–Crippen LogP) is 10.7. The van der Waals surface area contributed by atoms with Crippen molar-refractivity contribution in [3.8, 4) is 0 Å². The third kappa shape index (κ3) is 36.8. The molecule has 0 spiro atoms. The third-order valence-electron chi connectivity index (χ3n) is 9.01. The number of hydrogen-bond donors (Lipinski definition) is 2. The van der Waals surface area contributed by atoms with Gasteiger partial charge in [0.2, 0.25) is 5.91 Å². The Hall–Kier alpha value is -1.54. The summed E-state index contributed by atoms with van der Waals surface area (Å²) < 4.78 is 22.8. The average molecular weight is 753 g/mol. The first kappa shape index (κ1) is 50.5. The first-order valence-corrected chi connectivity index (χ1v) is 22.5. The van der Waals surface area contributed by atoms with Crippen molar-refractivity contribution in [2.45, 2.75) is 180 Å². The lowest BCUT2D eigenvalue weighted by molar-refractivity contribution is -0.870. The monoisotopic (exact) mass is 753 g/mol. The van der Waals surface area contributed by atoms with Crippen LogP contribution >= 0.6 is 7.82 Å². The molecule has 1 amide bonds. The summed E-state index contributed by atoms with van der Waals surface area (Å²) in [4.78, 5) is 24.9. The number of nitrogens with one attached hydrogen (secondary N) is 1. The Morgan fingerprint density at radius 3 is 1.65 bits per heavy atom. The zero-order chi connectivity index (χ0) is 38.6. The summed E-state index contributed by atoms with van der Waals surface area (Å²) in [6, 6.07) is -0.883. The molecule has 9 heteroatoms. The smallest absolute Gasteiger partial charge is 0.268 e. The van der Waals surface area contributed by atoms with E-state index in [0.29, 0.717) is 17.4 Å². The molecule has 304 valence electrons. The Morgan fingerprint density at radius 1 is 0.673 bits per heavy atom. The topological polar surface area (TPSA) is 108 Å². The molecule has 0 heterocycles. The second kappa shape index (κ2) is 35.2. The number of rotatable bonds is 37. The van der Waals surface area contributed by atoms with Gasteiger partial charge in [-0.2, -0.15) is 0 Å². The van der Waals surface area contributed by atoms with Crippen molar-refractivity contribution in [3.63, 3.8) is 0 Å². The van der Waals surface area contributed by atoms with Crippen molar-refractivity contribution in [2.75, 3.05) is 40.9 Å². The van der Waals surface area contributed by atoms with Crippen molar-refractivity contribution >= 4 is 13.7 Å². The molecule has 2 N–H and O–H groups in total. The Kier molecular flexibility index (Phi) is 34.1. The lowest BCUT2D eigenvalue weighted by Gasteiger charge is -2.29. The lowest BCUT2D eigenvalue weighted by Crippen LogP contribution is -2.45. The standard InChI is InChI=1S/C43H81N2O6P/c1-6-8-10-11-12-13-14-15-16-17-18-19-20-21-22-23-24-25-26-27-28-29-30-31-32-33-35-37-43(47)44-41(42(46)36-34-9-7-2)40-51-52(48,49)50-39-38-45(3,4)5/h14-15,17-18,20-21,34,36,41-42,46H,6-13,16,19,22-33,35,37-40H2,1-5H3,(H-,44,47,48,49)/b15-14-,18-17-,21-20-,36-34+. The first-order valence-electron chi connectivity index (χ1n) is 21.0. The van der Waals surface area contributed by atoms with Crippen LogP contribution in [0.3, 0.4) is 0 Å². The van der Waals surface area contributed by atoms with Gasteiger partial charge in [-0.3, -0.25) is 9.36 Å². The van der Waals surface area contributed by atoms with Gasteiger partial charge in [-0.25, -0.2) is 0 Å². The van der Waals surface area contributed by atoms with E-state index in [1.54, 1.807) is 6.08 Å². The van der Waals surface area contributed by atoms with Gasteiger partial charge >= 0.3 is 0 Å². The Morgan fingerprint density at radius 2 is 1.15 bits per heavy atom. The number of unbranched alkanes of at least 4 members (excludes halogenated alkanes) is 18. The van der Waals surface area contributed by atoms with E-state index in [0.717, 1.165) is 44.9 Å². The summed E-state index contributed by atoms with van der Waals surface area (Å²) >= 11 is 0. The second-order valence-electron chi connectivity index (χ2n) is 15.3. The highest BCUT2D eigenvalue weighted by atomic mass is 31.2. The molecule has 0 rings (SSSR count). The highest BCUT2D eigenvalue weighted by Gasteiger charge is 2.23. The number of quaternary nitrogens is 1. The van der Waals surface area contributed by atoms with Gasteiger partial charge in [-0.1, -0.05) is 159 Å². The normalized spacial score (nSPS) is 15.0. The fourth-order valence-corrected chi connectivity index (χ4v) is 6.36. The van der Waals surface area contributed by atoms with Crippen LogP contribution in [0.2, 0.25) is 0 Å². The van der Waals surface area contributed by atoms with Crippen LogP contribution in [-0.2, 0) is 18.4 Å². The van der Waals surface area contributed by atoms with Crippen molar-refractivity contribution < 1.29 is 32.9 Å². The zero-order valence-electron chi connectivity index (χ0n) is 34.2. The van der Waals surface area contributed by atoms with Crippen molar-refractivity contribution in [1.82, 2.24) is 5.32 Å². The molecule has 0 aliphatic heterocycles. The molecule has 0 saturated carbocycles. The summed E-state index contributed by atoms with van der Waals surface area (Å²) in [5.41, 5.74) is 0. The number of phosphoric ester groups is 1. The van der Waals surface area contributed by atoms with E-state index in [2.05, 4.69) is 48.7 Å². The van der Waals surface area contributed by atoms with E-state index in [1.165, 1.54) is 103 Å². The van der Waals surface area contributed by atoms with Crippen LogP contribution in [0, 0.1) is 0 Å². The van der Waals surface area contributed by atoms with Crippen LogP contribution in [0.25, 0.3) is 0 Å². The quantitative estimate of drug-likeness (QED) is 0.0283. The largest absolute Gasteiger partial charge is 0.756 e. The molecule has 0 bridgehead atoms. The number of aliphatic hydroxyl groups excluding tert-OH is 1. The molecule has 3 unspecified atom stereocenters. The highest BCUT2D eigenvalue weighted by Crippen LogP contribution is 2.38. The number of phosphoric acid groups is 1. The maximum absolute atomic E-state index is 12.6. The van der Waals surface area contributed by atoms with E-state index < -0.39 is 20.0 Å². The van der Waals surface area contributed by atoms with Crippen LogP contribution in [0.5, 0.6) is 0 Å². The van der Waals surface area contributed by atoms with Gasteiger partial charge in [-0.05, 0) is 51.4 Å². The Balaban J connectivity index is 3.90. The number of amides is 1. The summed E-state index contributed by atoms with van der Waals surface area (Å²) in [7, 11) is 1.25. The van der Waals surface area contributed by atoms with Crippen LogP contribution < -0.4 is 10.2 Å². The van der Waals surface area contributed by atoms with Gasteiger partial charge in [0.25, 0.3) is 7.82 Å². The Labute approximate surface area is 320 Å². The molecule has 0 saturated heterocycles. The van der Waals surface area contributed by atoms with Gasteiger partial charge in [0, 0.05) is 6.42 Å².